The molecule has 1 saturated heterocycles. The number of benzene rings is 1. The summed E-state index contributed by atoms with van der Waals surface area (Å²) in [5.74, 6) is 3.40. The normalized spacial score (nSPS) is 20.2. The predicted molar refractivity (Wildman–Crippen MR) is 110 cm³/mol. The van der Waals surface area contributed by atoms with Crippen LogP contribution < -0.4 is 10.2 Å². The van der Waals surface area contributed by atoms with Gasteiger partial charge in [0, 0.05) is 44.4 Å². The molecule has 2 aliphatic rings. The number of rotatable bonds is 9. The number of anilines is 1. The van der Waals surface area contributed by atoms with Gasteiger partial charge in [0.05, 0.1) is 0 Å². The van der Waals surface area contributed by atoms with Crippen LogP contribution in [0.3, 0.4) is 0 Å². The van der Waals surface area contributed by atoms with Gasteiger partial charge in [0.2, 0.25) is 11.9 Å². The molecule has 0 spiro atoms. The molecule has 1 amide bonds. The van der Waals surface area contributed by atoms with Gasteiger partial charge in [-0.05, 0) is 37.7 Å². The van der Waals surface area contributed by atoms with E-state index in [0.717, 1.165) is 43.7 Å². The van der Waals surface area contributed by atoms with Crippen molar-refractivity contribution in [3.63, 3.8) is 0 Å². The maximum atomic E-state index is 11.7. The summed E-state index contributed by atoms with van der Waals surface area (Å²) in [5.41, 5.74) is 1.38. The van der Waals surface area contributed by atoms with E-state index in [2.05, 4.69) is 69.2 Å². The van der Waals surface area contributed by atoms with E-state index in [0.29, 0.717) is 18.9 Å². The highest BCUT2D eigenvalue weighted by Crippen LogP contribution is 2.35. The van der Waals surface area contributed by atoms with E-state index in [1.807, 2.05) is 0 Å². The van der Waals surface area contributed by atoms with Crippen LogP contribution in [0.4, 0.5) is 5.95 Å². The monoisotopic (exact) mass is 381 g/mol. The van der Waals surface area contributed by atoms with Gasteiger partial charge in [-0.25, -0.2) is 0 Å². The van der Waals surface area contributed by atoms with Crippen molar-refractivity contribution in [2.75, 3.05) is 24.5 Å². The number of likely N-dealkylation sites (N-methyl/N-ethyl adjacent to an activating group) is 1. The molecule has 2 atom stereocenters. The summed E-state index contributed by atoms with van der Waals surface area (Å²) >= 11 is 0. The molecule has 0 radical (unpaired) electrons. The second-order valence-corrected chi connectivity index (χ2v) is 8.17. The average molecular weight is 382 g/mol. The van der Waals surface area contributed by atoms with Gasteiger partial charge in [-0.15, -0.1) is 10.2 Å². The molecular formula is C22H31N5O. The average Bonchev–Trinajstić information content (AvgIpc) is 3.29. The summed E-state index contributed by atoms with van der Waals surface area (Å²) in [4.78, 5) is 14.1. The number of hydrogen-bond donors (Lipinski definition) is 1. The van der Waals surface area contributed by atoms with Crippen LogP contribution in [0, 0.1) is 5.92 Å². The van der Waals surface area contributed by atoms with Gasteiger partial charge >= 0.3 is 0 Å². The first-order valence-corrected chi connectivity index (χ1v) is 10.7. The summed E-state index contributed by atoms with van der Waals surface area (Å²) in [6.45, 7) is 7.92. The molecule has 1 aromatic heterocycles. The lowest BCUT2D eigenvalue weighted by molar-refractivity contribution is -0.119. The number of aromatic nitrogens is 3. The summed E-state index contributed by atoms with van der Waals surface area (Å²) in [6.07, 6.45) is 4.18. The molecule has 1 aliphatic carbocycles. The minimum absolute atomic E-state index is 0.120. The van der Waals surface area contributed by atoms with Gasteiger partial charge in [0.15, 0.2) is 0 Å². The number of carbonyl (C=O) groups is 1. The zero-order chi connectivity index (χ0) is 19.5. The standard InChI is InChI=1S/C22H31N5O/c1-3-17(18-8-6-5-7-9-18)15-26(4-2)22-25-24-21(19-12-20(28)23-13-19)27(22)14-16-10-11-16/h5-9,16-17,19H,3-4,10-15H2,1-2H3,(H,23,28). The van der Waals surface area contributed by atoms with E-state index >= 15 is 0 Å². The van der Waals surface area contributed by atoms with Crippen molar-refractivity contribution in [2.24, 2.45) is 5.92 Å². The zero-order valence-corrected chi connectivity index (χ0v) is 17.0. The number of nitrogens with zero attached hydrogens (tertiary/aromatic N) is 4. The Balaban J connectivity index is 1.60. The maximum absolute atomic E-state index is 11.7. The second kappa shape index (κ2) is 8.33. The molecule has 2 unspecified atom stereocenters. The Morgan fingerprint density at radius 2 is 2.00 bits per heavy atom. The predicted octanol–water partition coefficient (Wildman–Crippen LogP) is 3.31. The van der Waals surface area contributed by atoms with Crippen molar-refractivity contribution in [3.8, 4) is 0 Å². The molecule has 6 nitrogen and oxygen atoms in total. The topological polar surface area (TPSA) is 63.1 Å². The van der Waals surface area contributed by atoms with Gasteiger partial charge in [-0.1, -0.05) is 37.3 Å². The van der Waals surface area contributed by atoms with E-state index in [9.17, 15) is 4.79 Å². The SMILES string of the molecule is CCC(CN(CC)c1nnc(C2CNC(=O)C2)n1CC1CC1)c1ccccc1. The molecule has 6 heteroatoms. The molecule has 2 heterocycles. The highest BCUT2D eigenvalue weighted by Gasteiger charge is 2.33. The van der Waals surface area contributed by atoms with E-state index in [1.54, 1.807) is 0 Å². The molecule has 1 aliphatic heterocycles. The first-order chi connectivity index (χ1) is 13.7. The Morgan fingerprint density at radius 1 is 1.21 bits per heavy atom. The van der Waals surface area contributed by atoms with Crippen LogP contribution in [-0.4, -0.2) is 40.3 Å². The Bertz CT molecular complexity index is 799. The fourth-order valence-electron chi connectivity index (χ4n) is 4.18. The molecule has 28 heavy (non-hydrogen) atoms. The Kier molecular flexibility index (Phi) is 5.64. The molecule has 1 aromatic carbocycles. The van der Waals surface area contributed by atoms with Crippen LogP contribution >= 0.6 is 0 Å². The summed E-state index contributed by atoms with van der Waals surface area (Å²) < 4.78 is 2.31. The largest absolute Gasteiger partial charge is 0.355 e. The zero-order valence-electron chi connectivity index (χ0n) is 17.0. The highest BCUT2D eigenvalue weighted by atomic mass is 16.1. The molecule has 2 aromatic rings. The quantitative estimate of drug-likeness (QED) is 0.724. The number of amides is 1. The first-order valence-electron chi connectivity index (χ1n) is 10.7. The van der Waals surface area contributed by atoms with Gasteiger partial charge in [0.1, 0.15) is 5.82 Å². The second-order valence-electron chi connectivity index (χ2n) is 8.17. The number of nitrogens with one attached hydrogen (secondary N) is 1. The summed E-state index contributed by atoms with van der Waals surface area (Å²) in [7, 11) is 0. The van der Waals surface area contributed by atoms with Crippen molar-refractivity contribution in [1.29, 1.82) is 0 Å². The van der Waals surface area contributed by atoms with Crippen molar-refractivity contribution < 1.29 is 4.79 Å². The summed E-state index contributed by atoms with van der Waals surface area (Å²) in [6, 6.07) is 10.7. The Hall–Kier alpha value is -2.37. The van der Waals surface area contributed by atoms with Gasteiger partial charge < -0.3 is 10.2 Å². The Labute approximate surface area is 167 Å². The van der Waals surface area contributed by atoms with Gasteiger partial charge in [-0.3, -0.25) is 9.36 Å². The number of hydrogen-bond acceptors (Lipinski definition) is 4. The van der Waals surface area contributed by atoms with Crippen LogP contribution in [-0.2, 0) is 11.3 Å². The lowest BCUT2D eigenvalue weighted by Gasteiger charge is -2.28. The van der Waals surface area contributed by atoms with Crippen molar-refractivity contribution >= 4 is 11.9 Å². The van der Waals surface area contributed by atoms with Crippen LogP contribution in [0.1, 0.15) is 62.8 Å². The van der Waals surface area contributed by atoms with Crippen molar-refractivity contribution in [2.45, 2.75) is 57.9 Å². The highest BCUT2D eigenvalue weighted by molar-refractivity contribution is 5.79. The van der Waals surface area contributed by atoms with Crippen molar-refractivity contribution in [1.82, 2.24) is 20.1 Å². The molecule has 1 N–H and O–H groups in total. The fraction of sp³-hybridized carbons (Fsp3) is 0.591. The van der Waals surface area contributed by atoms with Crippen LogP contribution in [0.25, 0.3) is 0 Å². The molecule has 2 fully saturated rings. The van der Waals surface area contributed by atoms with E-state index in [4.69, 9.17) is 0 Å². The first kappa shape index (κ1) is 19.0. The van der Waals surface area contributed by atoms with Gasteiger partial charge in [0.25, 0.3) is 0 Å². The molecule has 4 rings (SSSR count). The molecular weight excluding hydrogens is 350 g/mol. The van der Waals surface area contributed by atoms with E-state index in [1.165, 1.54) is 18.4 Å². The maximum Gasteiger partial charge on any atom is 0.227 e. The third-order valence-electron chi connectivity index (χ3n) is 6.11. The summed E-state index contributed by atoms with van der Waals surface area (Å²) in [5, 5.41) is 12.1. The third-order valence-corrected chi connectivity index (χ3v) is 6.11. The van der Waals surface area contributed by atoms with Crippen LogP contribution in [0.5, 0.6) is 0 Å². The smallest absolute Gasteiger partial charge is 0.227 e. The Morgan fingerprint density at radius 3 is 2.61 bits per heavy atom. The van der Waals surface area contributed by atoms with E-state index < -0.39 is 0 Å². The minimum Gasteiger partial charge on any atom is -0.355 e. The molecule has 150 valence electrons. The lowest BCUT2D eigenvalue weighted by atomic mass is 9.96. The molecule has 0 bridgehead atoms. The van der Waals surface area contributed by atoms with Gasteiger partial charge in [-0.2, -0.15) is 0 Å². The molecule has 1 saturated carbocycles. The van der Waals surface area contributed by atoms with Crippen LogP contribution in [0.2, 0.25) is 0 Å². The van der Waals surface area contributed by atoms with Crippen molar-refractivity contribution in [3.05, 3.63) is 41.7 Å². The van der Waals surface area contributed by atoms with E-state index in [-0.39, 0.29) is 11.8 Å². The number of carbonyl (C=O) groups excluding carboxylic acids is 1. The minimum atomic E-state index is 0.120. The lowest BCUT2D eigenvalue weighted by Crippen LogP contribution is -2.31. The van der Waals surface area contributed by atoms with Crippen LogP contribution in [0.15, 0.2) is 30.3 Å². The fourth-order valence-corrected chi connectivity index (χ4v) is 4.18. The third kappa shape index (κ3) is 4.05.